The molecule has 100 valence electrons. The Morgan fingerprint density at radius 3 is 2.72 bits per heavy atom. The molecular formula is C13H19ClN2OS. The Labute approximate surface area is 117 Å². The van der Waals surface area contributed by atoms with Crippen LogP contribution in [0.5, 0.6) is 0 Å². The number of rotatable bonds is 3. The summed E-state index contributed by atoms with van der Waals surface area (Å²) < 4.78 is 0. The number of hydrogen-bond donors (Lipinski definition) is 2. The average Bonchev–Trinajstić information content (AvgIpc) is 2.68. The molecule has 5 heteroatoms. The molecule has 1 fully saturated rings. The number of nitrogens with two attached hydrogens (primary N) is 1. The second kappa shape index (κ2) is 5.59. The molecule has 0 aromatic carbocycles. The van der Waals surface area contributed by atoms with E-state index in [1.807, 2.05) is 12.3 Å². The number of hydrogen-bond acceptors (Lipinski definition) is 3. The van der Waals surface area contributed by atoms with E-state index in [1.54, 1.807) is 0 Å². The van der Waals surface area contributed by atoms with Crippen molar-refractivity contribution < 1.29 is 4.79 Å². The van der Waals surface area contributed by atoms with Gasteiger partial charge in [-0.05, 0) is 30.7 Å². The monoisotopic (exact) mass is 286 g/mol. The fraction of sp³-hybridized carbons (Fsp3) is 0.615. The average molecular weight is 287 g/mol. The molecule has 0 bridgehead atoms. The zero-order chi connectivity index (χ0) is 13.2. The van der Waals surface area contributed by atoms with Crippen molar-refractivity contribution in [2.45, 2.75) is 44.6 Å². The first-order valence-electron chi connectivity index (χ1n) is 6.32. The number of carbonyl (C=O) groups excluding carboxylic acids is 1. The van der Waals surface area contributed by atoms with Crippen molar-refractivity contribution >= 4 is 28.8 Å². The molecule has 0 spiro atoms. The Balaban J connectivity index is 1.94. The maximum Gasteiger partial charge on any atom is 0.262 e. The highest BCUT2D eigenvalue weighted by Gasteiger charge is 2.28. The summed E-state index contributed by atoms with van der Waals surface area (Å²) in [7, 11) is 0. The number of halogens is 1. The molecule has 0 atom stereocenters. The molecule has 0 saturated heterocycles. The van der Waals surface area contributed by atoms with Gasteiger partial charge in [-0.3, -0.25) is 4.79 Å². The van der Waals surface area contributed by atoms with E-state index in [2.05, 4.69) is 5.32 Å². The maximum absolute atomic E-state index is 12.0. The third-order valence-electron chi connectivity index (χ3n) is 3.56. The molecule has 3 N–H and O–H groups in total. The molecule has 0 radical (unpaired) electrons. The van der Waals surface area contributed by atoms with Gasteiger partial charge in [0.05, 0.1) is 5.02 Å². The fourth-order valence-electron chi connectivity index (χ4n) is 2.35. The standard InChI is InChI=1S/C13H19ClN2OS/c1-9-7-18-11(10(9)14)12(17)16-8-13(15)5-3-2-4-6-13/h7H,2-6,8,15H2,1H3,(H,16,17). The smallest absolute Gasteiger partial charge is 0.262 e. The number of carbonyl (C=O) groups is 1. The van der Waals surface area contributed by atoms with Gasteiger partial charge in [0.2, 0.25) is 0 Å². The molecule has 0 aliphatic heterocycles. The van der Waals surface area contributed by atoms with Gasteiger partial charge in [0.15, 0.2) is 0 Å². The predicted molar refractivity (Wildman–Crippen MR) is 76.4 cm³/mol. The van der Waals surface area contributed by atoms with E-state index in [-0.39, 0.29) is 11.4 Å². The van der Waals surface area contributed by atoms with E-state index in [0.717, 1.165) is 31.2 Å². The first kappa shape index (κ1) is 13.8. The summed E-state index contributed by atoms with van der Waals surface area (Å²) in [6.07, 6.45) is 5.55. The second-order valence-corrected chi connectivity index (χ2v) is 6.43. The van der Waals surface area contributed by atoms with Crippen molar-refractivity contribution in [3.63, 3.8) is 0 Å². The van der Waals surface area contributed by atoms with Gasteiger partial charge in [-0.2, -0.15) is 0 Å². The number of thiophene rings is 1. The molecular weight excluding hydrogens is 268 g/mol. The predicted octanol–water partition coefficient (Wildman–Crippen LogP) is 3.10. The maximum atomic E-state index is 12.0. The van der Waals surface area contributed by atoms with Gasteiger partial charge < -0.3 is 11.1 Å². The lowest BCUT2D eigenvalue weighted by molar-refractivity contribution is 0.0942. The van der Waals surface area contributed by atoms with Gasteiger partial charge in [0.1, 0.15) is 4.88 Å². The molecule has 1 aromatic rings. The highest BCUT2D eigenvalue weighted by molar-refractivity contribution is 7.13. The lowest BCUT2D eigenvalue weighted by Gasteiger charge is -2.33. The van der Waals surface area contributed by atoms with Crippen LogP contribution in [-0.4, -0.2) is 18.0 Å². The number of nitrogens with one attached hydrogen (secondary N) is 1. The van der Waals surface area contributed by atoms with Crippen molar-refractivity contribution in [1.29, 1.82) is 0 Å². The van der Waals surface area contributed by atoms with Gasteiger partial charge in [0.25, 0.3) is 5.91 Å². The van der Waals surface area contributed by atoms with Crippen LogP contribution in [-0.2, 0) is 0 Å². The zero-order valence-corrected chi connectivity index (χ0v) is 12.2. The summed E-state index contributed by atoms with van der Waals surface area (Å²) in [5, 5.41) is 5.39. The SMILES string of the molecule is Cc1csc(C(=O)NCC2(N)CCCCC2)c1Cl. The van der Waals surface area contributed by atoms with Crippen LogP contribution in [0, 0.1) is 6.92 Å². The molecule has 0 unspecified atom stereocenters. The summed E-state index contributed by atoms with van der Waals surface area (Å²) in [4.78, 5) is 12.6. The van der Waals surface area contributed by atoms with Crippen LogP contribution in [0.2, 0.25) is 5.02 Å². The van der Waals surface area contributed by atoms with Crippen LogP contribution in [0.4, 0.5) is 0 Å². The minimum Gasteiger partial charge on any atom is -0.349 e. The van der Waals surface area contributed by atoms with Crippen molar-refractivity contribution in [3.8, 4) is 0 Å². The van der Waals surface area contributed by atoms with E-state index >= 15 is 0 Å². The first-order valence-corrected chi connectivity index (χ1v) is 7.58. The zero-order valence-electron chi connectivity index (χ0n) is 10.6. The molecule has 2 rings (SSSR count). The summed E-state index contributed by atoms with van der Waals surface area (Å²) in [6.45, 7) is 2.44. The fourth-order valence-corrected chi connectivity index (χ4v) is 3.55. The Hall–Kier alpha value is -0.580. The lowest BCUT2D eigenvalue weighted by atomic mass is 9.82. The Kier molecular flexibility index (Phi) is 4.30. The third-order valence-corrected chi connectivity index (χ3v) is 5.25. The van der Waals surface area contributed by atoms with Crippen molar-refractivity contribution in [2.75, 3.05) is 6.54 Å². The molecule has 3 nitrogen and oxygen atoms in total. The molecule has 1 heterocycles. The highest BCUT2D eigenvalue weighted by atomic mass is 35.5. The largest absolute Gasteiger partial charge is 0.349 e. The van der Waals surface area contributed by atoms with E-state index in [0.29, 0.717) is 16.4 Å². The van der Waals surface area contributed by atoms with E-state index < -0.39 is 0 Å². The summed E-state index contributed by atoms with van der Waals surface area (Å²) >= 11 is 7.46. The van der Waals surface area contributed by atoms with E-state index in [1.165, 1.54) is 17.8 Å². The second-order valence-electron chi connectivity index (χ2n) is 5.17. The van der Waals surface area contributed by atoms with Crippen LogP contribution in [0.3, 0.4) is 0 Å². The Bertz CT molecular complexity index is 438. The van der Waals surface area contributed by atoms with Crippen LogP contribution in [0.15, 0.2) is 5.38 Å². The Morgan fingerprint density at radius 1 is 1.50 bits per heavy atom. The van der Waals surface area contributed by atoms with Crippen molar-refractivity contribution in [1.82, 2.24) is 5.32 Å². The molecule has 1 saturated carbocycles. The van der Waals surface area contributed by atoms with Gasteiger partial charge in [-0.25, -0.2) is 0 Å². The summed E-state index contributed by atoms with van der Waals surface area (Å²) in [5.41, 5.74) is 7.01. The molecule has 18 heavy (non-hydrogen) atoms. The van der Waals surface area contributed by atoms with Crippen LogP contribution in [0.1, 0.15) is 47.3 Å². The minimum absolute atomic E-state index is 0.103. The third kappa shape index (κ3) is 3.05. The van der Waals surface area contributed by atoms with Crippen LogP contribution < -0.4 is 11.1 Å². The van der Waals surface area contributed by atoms with Crippen molar-refractivity contribution in [3.05, 3.63) is 20.8 Å². The Morgan fingerprint density at radius 2 is 2.17 bits per heavy atom. The summed E-state index contributed by atoms with van der Waals surface area (Å²) in [5.74, 6) is -0.103. The number of amides is 1. The molecule has 1 aliphatic rings. The quantitative estimate of drug-likeness (QED) is 0.897. The van der Waals surface area contributed by atoms with Crippen molar-refractivity contribution in [2.24, 2.45) is 5.73 Å². The van der Waals surface area contributed by atoms with Gasteiger partial charge >= 0.3 is 0 Å². The topological polar surface area (TPSA) is 55.1 Å². The first-order chi connectivity index (χ1) is 8.52. The van der Waals surface area contributed by atoms with E-state index in [4.69, 9.17) is 17.3 Å². The lowest BCUT2D eigenvalue weighted by Crippen LogP contribution is -2.51. The normalized spacial score (nSPS) is 18.6. The molecule has 1 aliphatic carbocycles. The molecule has 1 aromatic heterocycles. The van der Waals surface area contributed by atoms with Crippen LogP contribution >= 0.6 is 22.9 Å². The van der Waals surface area contributed by atoms with Crippen LogP contribution in [0.25, 0.3) is 0 Å². The van der Waals surface area contributed by atoms with Gasteiger partial charge in [-0.15, -0.1) is 11.3 Å². The molecule has 1 amide bonds. The minimum atomic E-state index is -0.229. The summed E-state index contributed by atoms with van der Waals surface area (Å²) in [6, 6.07) is 0. The highest BCUT2D eigenvalue weighted by Crippen LogP contribution is 2.28. The van der Waals surface area contributed by atoms with E-state index in [9.17, 15) is 4.79 Å². The van der Waals surface area contributed by atoms with Gasteiger partial charge in [-0.1, -0.05) is 30.9 Å². The van der Waals surface area contributed by atoms with Gasteiger partial charge in [0, 0.05) is 12.1 Å². The number of aryl methyl sites for hydroxylation is 1.